The molecule has 1 aromatic carbocycles. The van der Waals surface area contributed by atoms with E-state index < -0.39 is 0 Å². The second-order valence-corrected chi connectivity index (χ2v) is 4.53. The van der Waals surface area contributed by atoms with Crippen LogP contribution in [0, 0.1) is 0 Å². The third-order valence-corrected chi connectivity index (χ3v) is 3.12. The van der Waals surface area contributed by atoms with Crippen molar-refractivity contribution in [2.75, 3.05) is 5.73 Å². The van der Waals surface area contributed by atoms with Crippen LogP contribution in [0.25, 0.3) is 11.1 Å². The quantitative estimate of drug-likeness (QED) is 0.910. The molecular weight excluding hydrogens is 259 g/mol. The van der Waals surface area contributed by atoms with Crippen LogP contribution in [0.3, 0.4) is 0 Å². The van der Waals surface area contributed by atoms with E-state index in [2.05, 4.69) is 12.1 Å². The van der Waals surface area contributed by atoms with Crippen LogP contribution in [0.15, 0.2) is 22.7 Å². The standard InChI is InChI=1S/C12H12Cl2N2O/c1-2-4-9-11(12(15)17-16-9)10-7(13)5-3-6-8(10)14/h3,5-6H,2,4,15H2,1H3. The van der Waals surface area contributed by atoms with E-state index in [1.54, 1.807) is 18.2 Å². The number of hydrogen-bond acceptors (Lipinski definition) is 3. The molecule has 0 radical (unpaired) electrons. The Kier molecular flexibility index (Phi) is 3.60. The summed E-state index contributed by atoms with van der Waals surface area (Å²) in [6.45, 7) is 2.06. The minimum Gasteiger partial charge on any atom is -0.367 e. The Bertz CT molecular complexity index is 517. The van der Waals surface area contributed by atoms with Gasteiger partial charge in [-0.2, -0.15) is 0 Å². The van der Waals surface area contributed by atoms with Crippen molar-refractivity contribution in [1.29, 1.82) is 0 Å². The van der Waals surface area contributed by atoms with Crippen molar-refractivity contribution in [3.05, 3.63) is 33.9 Å². The van der Waals surface area contributed by atoms with Crippen molar-refractivity contribution in [3.63, 3.8) is 0 Å². The number of nitrogens with two attached hydrogens (primary N) is 1. The summed E-state index contributed by atoms with van der Waals surface area (Å²) in [6, 6.07) is 5.33. The highest BCUT2D eigenvalue weighted by molar-refractivity contribution is 6.39. The maximum Gasteiger partial charge on any atom is 0.230 e. The fraction of sp³-hybridized carbons (Fsp3) is 0.250. The molecule has 0 unspecified atom stereocenters. The van der Waals surface area contributed by atoms with E-state index in [-0.39, 0.29) is 5.88 Å². The lowest BCUT2D eigenvalue weighted by Gasteiger charge is -2.06. The third kappa shape index (κ3) is 2.26. The monoisotopic (exact) mass is 270 g/mol. The number of anilines is 1. The number of hydrogen-bond donors (Lipinski definition) is 1. The normalized spacial score (nSPS) is 10.8. The topological polar surface area (TPSA) is 52.0 Å². The van der Waals surface area contributed by atoms with E-state index in [1.807, 2.05) is 0 Å². The Labute approximate surface area is 109 Å². The number of rotatable bonds is 3. The van der Waals surface area contributed by atoms with Gasteiger partial charge in [0.15, 0.2) is 0 Å². The maximum absolute atomic E-state index is 6.16. The first-order valence-electron chi connectivity index (χ1n) is 5.33. The lowest BCUT2D eigenvalue weighted by atomic mass is 10.0. The summed E-state index contributed by atoms with van der Waals surface area (Å²) in [5.74, 6) is 0.253. The SMILES string of the molecule is CCCc1noc(N)c1-c1c(Cl)cccc1Cl. The van der Waals surface area contributed by atoms with Crippen LogP contribution in [0.2, 0.25) is 10.0 Å². The van der Waals surface area contributed by atoms with Crippen LogP contribution in [-0.2, 0) is 6.42 Å². The second kappa shape index (κ2) is 4.98. The number of halogens is 2. The van der Waals surface area contributed by atoms with Crippen LogP contribution in [0.4, 0.5) is 5.88 Å². The second-order valence-electron chi connectivity index (χ2n) is 3.72. The summed E-state index contributed by atoms with van der Waals surface area (Å²) in [5.41, 5.74) is 7.99. The van der Waals surface area contributed by atoms with Gasteiger partial charge in [0.25, 0.3) is 0 Å². The zero-order chi connectivity index (χ0) is 12.4. The molecule has 1 heterocycles. The van der Waals surface area contributed by atoms with Crippen LogP contribution in [0.5, 0.6) is 0 Å². The number of nitrogen functional groups attached to an aromatic ring is 1. The van der Waals surface area contributed by atoms with Gasteiger partial charge in [0.1, 0.15) is 0 Å². The van der Waals surface area contributed by atoms with E-state index in [1.165, 1.54) is 0 Å². The summed E-state index contributed by atoms with van der Waals surface area (Å²) in [5, 5.41) is 5.04. The summed E-state index contributed by atoms with van der Waals surface area (Å²) < 4.78 is 5.02. The Balaban J connectivity index is 2.63. The lowest BCUT2D eigenvalue weighted by Crippen LogP contribution is -1.92. The van der Waals surface area contributed by atoms with Crippen LogP contribution in [0.1, 0.15) is 19.0 Å². The molecule has 0 aliphatic heterocycles. The molecule has 0 saturated heterocycles. The van der Waals surface area contributed by atoms with Crippen molar-refractivity contribution < 1.29 is 4.52 Å². The molecule has 2 N–H and O–H groups in total. The minimum absolute atomic E-state index is 0.253. The van der Waals surface area contributed by atoms with E-state index in [4.69, 9.17) is 33.5 Å². The highest BCUT2D eigenvalue weighted by Crippen LogP contribution is 2.39. The Hall–Kier alpha value is -1.19. The van der Waals surface area contributed by atoms with Crippen molar-refractivity contribution >= 4 is 29.1 Å². The lowest BCUT2D eigenvalue weighted by molar-refractivity contribution is 0.427. The Morgan fingerprint density at radius 2 is 1.88 bits per heavy atom. The number of benzene rings is 1. The first kappa shape index (κ1) is 12.3. The van der Waals surface area contributed by atoms with Gasteiger partial charge in [0.05, 0.1) is 21.3 Å². The van der Waals surface area contributed by atoms with Gasteiger partial charge in [-0.25, -0.2) is 0 Å². The van der Waals surface area contributed by atoms with Gasteiger partial charge in [-0.15, -0.1) is 0 Å². The van der Waals surface area contributed by atoms with Crippen molar-refractivity contribution in [3.8, 4) is 11.1 Å². The van der Waals surface area contributed by atoms with Gasteiger partial charge in [-0.1, -0.05) is 47.8 Å². The molecule has 1 aromatic heterocycles. The molecule has 0 bridgehead atoms. The van der Waals surface area contributed by atoms with Gasteiger partial charge in [0.2, 0.25) is 5.88 Å². The maximum atomic E-state index is 6.16. The van der Waals surface area contributed by atoms with E-state index >= 15 is 0 Å². The van der Waals surface area contributed by atoms with Crippen molar-refractivity contribution in [2.24, 2.45) is 0 Å². The zero-order valence-electron chi connectivity index (χ0n) is 9.34. The van der Waals surface area contributed by atoms with Gasteiger partial charge < -0.3 is 10.3 Å². The Morgan fingerprint density at radius 1 is 1.24 bits per heavy atom. The van der Waals surface area contributed by atoms with Crippen LogP contribution >= 0.6 is 23.2 Å². The molecule has 0 saturated carbocycles. The summed E-state index contributed by atoms with van der Waals surface area (Å²) in [4.78, 5) is 0. The zero-order valence-corrected chi connectivity index (χ0v) is 10.8. The average Bonchev–Trinajstić information content (AvgIpc) is 2.62. The van der Waals surface area contributed by atoms with Crippen molar-refractivity contribution in [1.82, 2.24) is 5.16 Å². The molecule has 0 aliphatic rings. The summed E-state index contributed by atoms with van der Waals surface area (Å²) in [7, 11) is 0. The molecule has 0 amide bonds. The first-order chi connectivity index (χ1) is 8.15. The number of aromatic nitrogens is 1. The van der Waals surface area contributed by atoms with Crippen LogP contribution < -0.4 is 5.73 Å². The van der Waals surface area contributed by atoms with Gasteiger partial charge in [-0.05, 0) is 18.6 Å². The Morgan fingerprint density at radius 3 is 2.47 bits per heavy atom. The molecule has 5 heteroatoms. The summed E-state index contributed by atoms with van der Waals surface area (Å²) >= 11 is 12.3. The first-order valence-corrected chi connectivity index (χ1v) is 6.09. The molecule has 0 fully saturated rings. The van der Waals surface area contributed by atoms with E-state index in [9.17, 15) is 0 Å². The molecule has 0 spiro atoms. The minimum atomic E-state index is 0.253. The number of nitrogens with zero attached hydrogens (tertiary/aromatic N) is 1. The third-order valence-electron chi connectivity index (χ3n) is 2.49. The molecular formula is C12H12Cl2N2O. The smallest absolute Gasteiger partial charge is 0.230 e. The molecule has 0 aliphatic carbocycles. The molecule has 2 aromatic rings. The highest BCUT2D eigenvalue weighted by atomic mass is 35.5. The van der Waals surface area contributed by atoms with Gasteiger partial charge in [-0.3, -0.25) is 0 Å². The predicted octanol–water partition coefficient (Wildman–Crippen LogP) is 4.18. The van der Waals surface area contributed by atoms with E-state index in [0.717, 1.165) is 18.5 Å². The molecule has 3 nitrogen and oxygen atoms in total. The van der Waals surface area contributed by atoms with E-state index in [0.29, 0.717) is 21.2 Å². The molecule has 17 heavy (non-hydrogen) atoms. The van der Waals surface area contributed by atoms with Crippen molar-refractivity contribution in [2.45, 2.75) is 19.8 Å². The molecule has 0 atom stereocenters. The molecule has 90 valence electrons. The fourth-order valence-corrected chi connectivity index (χ4v) is 2.34. The van der Waals surface area contributed by atoms with Crippen LogP contribution in [-0.4, -0.2) is 5.16 Å². The van der Waals surface area contributed by atoms with Gasteiger partial charge in [0, 0.05) is 5.56 Å². The summed E-state index contributed by atoms with van der Waals surface area (Å²) in [6.07, 6.45) is 1.72. The highest BCUT2D eigenvalue weighted by Gasteiger charge is 2.19. The number of aryl methyl sites for hydroxylation is 1. The average molecular weight is 271 g/mol. The largest absolute Gasteiger partial charge is 0.367 e. The fourth-order valence-electron chi connectivity index (χ4n) is 1.75. The molecule has 2 rings (SSSR count). The predicted molar refractivity (Wildman–Crippen MR) is 70.4 cm³/mol. The van der Waals surface area contributed by atoms with Gasteiger partial charge >= 0.3 is 0 Å².